The van der Waals surface area contributed by atoms with Crippen molar-refractivity contribution in [3.05, 3.63) is 35.4 Å². The highest BCUT2D eigenvalue weighted by Gasteiger charge is 2.44. The Kier molecular flexibility index (Phi) is 2.34. The Morgan fingerprint density at radius 2 is 1.94 bits per heavy atom. The lowest BCUT2D eigenvalue weighted by atomic mass is 9.87. The quantitative estimate of drug-likeness (QED) is 0.739. The molecule has 1 aliphatic heterocycles. The Morgan fingerprint density at radius 3 is 2.62 bits per heavy atom. The summed E-state index contributed by atoms with van der Waals surface area (Å²) in [6.45, 7) is 4.63. The van der Waals surface area contributed by atoms with E-state index in [1.54, 1.807) is 11.1 Å². The van der Waals surface area contributed by atoms with Crippen LogP contribution in [0.3, 0.4) is 0 Å². The van der Waals surface area contributed by atoms with E-state index >= 15 is 0 Å². The summed E-state index contributed by atoms with van der Waals surface area (Å²) in [6.07, 6.45) is 3.70. The number of hydrogen-bond donors (Lipinski definition) is 1. The van der Waals surface area contributed by atoms with Crippen molar-refractivity contribution < 1.29 is 0 Å². The molecular formula is C14H19NS. The molecule has 0 amide bonds. The Balaban J connectivity index is 1.88. The van der Waals surface area contributed by atoms with Gasteiger partial charge in [-0.25, -0.2) is 0 Å². The minimum Gasteiger partial charge on any atom is -0.297 e. The van der Waals surface area contributed by atoms with Gasteiger partial charge in [-0.05, 0) is 37.8 Å². The Hall–Kier alpha value is -0.470. The van der Waals surface area contributed by atoms with E-state index in [1.165, 1.54) is 25.0 Å². The van der Waals surface area contributed by atoms with Gasteiger partial charge in [-0.3, -0.25) is 5.32 Å². The smallest absolute Gasteiger partial charge is 0.0694 e. The Morgan fingerprint density at radius 1 is 1.19 bits per heavy atom. The predicted molar refractivity (Wildman–Crippen MR) is 70.9 cm³/mol. The van der Waals surface area contributed by atoms with E-state index in [4.69, 9.17) is 0 Å². The number of fused-ring (bicyclic) bond motifs is 1. The second-order valence-electron chi connectivity index (χ2n) is 5.74. The summed E-state index contributed by atoms with van der Waals surface area (Å²) in [7, 11) is 0. The molecule has 0 bridgehead atoms. The van der Waals surface area contributed by atoms with Gasteiger partial charge in [0, 0.05) is 17.7 Å². The number of nitrogens with one attached hydrogen (secondary N) is 1. The van der Waals surface area contributed by atoms with Gasteiger partial charge in [-0.1, -0.05) is 24.3 Å². The normalized spacial score (nSPS) is 31.6. The number of aryl methyl sites for hydroxylation is 1. The molecular weight excluding hydrogens is 214 g/mol. The van der Waals surface area contributed by atoms with Crippen LogP contribution in [-0.2, 0) is 12.8 Å². The first-order valence-corrected chi connectivity index (χ1v) is 7.07. The molecule has 1 aromatic rings. The van der Waals surface area contributed by atoms with Gasteiger partial charge >= 0.3 is 0 Å². The molecule has 1 fully saturated rings. The Labute approximate surface area is 102 Å². The van der Waals surface area contributed by atoms with Gasteiger partial charge in [0.05, 0.1) is 4.87 Å². The minimum absolute atomic E-state index is 0.303. The summed E-state index contributed by atoms with van der Waals surface area (Å²) < 4.78 is 0. The summed E-state index contributed by atoms with van der Waals surface area (Å²) in [5.41, 5.74) is 3.41. The van der Waals surface area contributed by atoms with E-state index in [1.807, 2.05) is 0 Å². The third kappa shape index (κ3) is 1.78. The topological polar surface area (TPSA) is 12.0 Å². The highest BCUT2D eigenvalue weighted by molar-refractivity contribution is 8.01. The summed E-state index contributed by atoms with van der Waals surface area (Å²) in [5, 5.41) is 3.85. The molecule has 3 rings (SSSR count). The molecule has 2 heteroatoms. The Bertz CT molecular complexity index is 413. The molecule has 0 aromatic heterocycles. The predicted octanol–water partition coefficient (Wildman–Crippen LogP) is 2.99. The van der Waals surface area contributed by atoms with Crippen molar-refractivity contribution in [2.24, 2.45) is 0 Å². The van der Waals surface area contributed by atoms with E-state index < -0.39 is 0 Å². The fourth-order valence-electron chi connectivity index (χ4n) is 2.94. The van der Waals surface area contributed by atoms with Gasteiger partial charge in [0.25, 0.3) is 0 Å². The van der Waals surface area contributed by atoms with E-state index in [9.17, 15) is 0 Å². The summed E-state index contributed by atoms with van der Waals surface area (Å²) in [5.74, 6) is 1.23. The maximum atomic E-state index is 3.85. The van der Waals surface area contributed by atoms with Crippen LogP contribution in [0.1, 0.15) is 31.4 Å². The monoisotopic (exact) mass is 233 g/mol. The number of rotatable bonds is 0. The molecule has 1 heterocycles. The number of hydrogen-bond acceptors (Lipinski definition) is 2. The van der Waals surface area contributed by atoms with Crippen molar-refractivity contribution >= 4 is 11.8 Å². The van der Waals surface area contributed by atoms with Gasteiger partial charge in [0.2, 0.25) is 0 Å². The van der Waals surface area contributed by atoms with Crippen LogP contribution < -0.4 is 5.32 Å². The van der Waals surface area contributed by atoms with Crippen molar-refractivity contribution in [1.29, 1.82) is 0 Å². The molecule has 1 saturated heterocycles. The van der Waals surface area contributed by atoms with Crippen LogP contribution in [0.4, 0.5) is 0 Å². The molecule has 1 unspecified atom stereocenters. The lowest BCUT2D eigenvalue weighted by Crippen LogP contribution is -2.50. The lowest BCUT2D eigenvalue weighted by molar-refractivity contribution is 0.337. The van der Waals surface area contributed by atoms with Crippen LogP contribution in [0.15, 0.2) is 24.3 Å². The van der Waals surface area contributed by atoms with E-state index in [0.29, 0.717) is 10.4 Å². The van der Waals surface area contributed by atoms with E-state index in [2.05, 4.69) is 55.2 Å². The zero-order valence-electron chi connectivity index (χ0n) is 10.0. The summed E-state index contributed by atoms with van der Waals surface area (Å²) in [4.78, 5) is 0.317. The average Bonchev–Trinajstić information content (AvgIpc) is 2.54. The van der Waals surface area contributed by atoms with Crippen molar-refractivity contribution in [3.63, 3.8) is 0 Å². The van der Waals surface area contributed by atoms with Crippen LogP contribution in [0.5, 0.6) is 0 Å². The maximum absolute atomic E-state index is 3.85. The third-order valence-corrected chi connectivity index (χ3v) is 5.54. The van der Waals surface area contributed by atoms with Gasteiger partial charge in [0.1, 0.15) is 0 Å². The van der Waals surface area contributed by atoms with Crippen LogP contribution in [0, 0.1) is 0 Å². The van der Waals surface area contributed by atoms with Crippen LogP contribution >= 0.6 is 11.8 Å². The van der Waals surface area contributed by atoms with Gasteiger partial charge in [-0.15, -0.1) is 11.8 Å². The molecule has 1 aromatic carbocycles. The SMILES string of the molecule is CC1(C)CSC2(CCc3ccccc3C2)N1. The van der Waals surface area contributed by atoms with Crippen LogP contribution in [0.2, 0.25) is 0 Å². The fraction of sp³-hybridized carbons (Fsp3) is 0.571. The molecule has 2 aliphatic rings. The van der Waals surface area contributed by atoms with Crippen molar-refractivity contribution in [3.8, 4) is 0 Å². The van der Waals surface area contributed by atoms with Crippen LogP contribution in [0.25, 0.3) is 0 Å². The highest BCUT2D eigenvalue weighted by Crippen LogP contribution is 2.44. The van der Waals surface area contributed by atoms with Gasteiger partial charge < -0.3 is 0 Å². The molecule has 1 aliphatic carbocycles. The molecule has 1 atom stereocenters. The van der Waals surface area contributed by atoms with Crippen molar-refractivity contribution in [2.45, 2.75) is 43.5 Å². The van der Waals surface area contributed by atoms with Gasteiger partial charge in [-0.2, -0.15) is 0 Å². The third-order valence-electron chi connectivity index (χ3n) is 3.67. The first-order valence-electron chi connectivity index (χ1n) is 6.09. The molecule has 1 nitrogen and oxygen atoms in total. The molecule has 0 radical (unpaired) electrons. The number of thioether (sulfide) groups is 1. The van der Waals surface area contributed by atoms with E-state index in [-0.39, 0.29) is 0 Å². The minimum atomic E-state index is 0.303. The summed E-state index contributed by atoms with van der Waals surface area (Å²) >= 11 is 2.13. The zero-order chi connectivity index (χ0) is 11.2. The highest BCUT2D eigenvalue weighted by atomic mass is 32.2. The number of benzene rings is 1. The van der Waals surface area contributed by atoms with Crippen molar-refractivity contribution in [1.82, 2.24) is 5.32 Å². The largest absolute Gasteiger partial charge is 0.297 e. The first kappa shape index (κ1) is 10.7. The first-order chi connectivity index (χ1) is 7.59. The standard InChI is InChI=1S/C14H19NS/c1-13(2)10-16-14(15-13)8-7-11-5-3-4-6-12(11)9-14/h3-6,15H,7-10H2,1-2H3. The lowest BCUT2D eigenvalue weighted by Gasteiger charge is -2.36. The van der Waals surface area contributed by atoms with E-state index in [0.717, 1.165) is 0 Å². The maximum Gasteiger partial charge on any atom is 0.0694 e. The zero-order valence-corrected chi connectivity index (χ0v) is 10.9. The van der Waals surface area contributed by atoms with Crippen molar-refractivity contribution in [2.75, 3.05) is 5.75 Å². The molecule has 1 spiro atoms. The molecule has 86 valence electrons. The molecule has 0 saturated carbocycles. The molecule has 16 heavy (non-hydrogen) atoms. The fourth-order valence-corrected chi connectivity index (χ4v) is 4.51. The average molecular weight is 233 g/mol. The van der Waals surface area contributed by atoms with Gasteiger partial charge in [0.15, 0.2) is 0 Å². The van der Waals surface area contributed by atoms with Crippen LogP contribution in [-0.4, -0.2) is 16.2 Å². The summed E-state index contributed by atoms with van der Waals surface area (Å²) in [6, 6.07) is 8.91. The molecule has 1 N–H and O–H groups in total. The second kappa shape index (κ2) is 3.51. The second-order valence-corrected chi connectivity index (χ2v) is 7.10.